The molecule has 43 heavy (non-hydrogen) atoms. The summed E-state index contributed by atoms with van der Waals surface area (Å²) in [6.45, 7) is 7.44. The maximum atomic E-state index is 13.7. The van der Waals surface area contributed by atoms with Crippen molar-refractivity contribution in [2.75, 3.05) is 30.3 Å². The number of aryl methyl sites for hydroxylation is 2. The van der Waals surface area contributed by atoms with Gasteiger partial charge in [-0.15, -0.1) is 11.3 Å². The minimum absolute atomic E-state index is 0.00699. The van der Waals surface area contributed by atoms with Crippen LogP contribution < -0.4 is 16.0 Å². The number of benzene rings is 2. The van der Waals surface area contributed by atoms with Crippen LogP contribution in [0.3, 0.4) is 0 Å². The highest BCUT2D eigenvalue weighted by Gasteiger charge is 2.40. The number of carbonyl (C=O) groups is 2. The van der Waals surface area contributed by atoms with Crippen molar-refractivity contribution < 1.29 is 27.9 Å². The average molecular weight is 630 g/mol. The summed E-state index contributed by atoms with van der Waals surface area (Å²) in [7, 11) is -3.99. The number of hydrogen-bond donors (Lipinski definition) is 3. The molecule has 1 aromatic heterocycles. The highest BCUT2D eigenvalue weighted by atomic mass is 32.2. The Balaban J connectivity index is 1.56. The summed E-state index contributed by atoms with van der Waals surface area (Å²) in [5.74, 6) is -0.565. The predicted molar refractivity (Wildman–Crippen MR) is 166 cm³/mol. The molecule has 0 spiro atoms. The number of nitrogens with two attached hydrogens (primary N) is 1. The van der Waals surface area contributed by atoms with Gasteiger partial charge in [0.25, 0.3) is 5.91 Å². The molecular formula is C30H39N5O6S2. The summed E-state index contributed by atoms with van der Waals surface area (Å²) in [5.41, 5.74) is 7.71. The highest BCUT2D eigenvalue weighted by Crippen LogP contribution is 2.31. The maximum absolute atomic E-state index is 13.7. The van der Waals surface area contributed by atoms with E-state index in [0.717, 1.165) is 17.0 Å². The van der Waals surface area contributed by atoms with Gasteiger partial charge in [-0.2, -0.15) is 4.31 Å². The number of anilines is 2. The van der Waals surface area contributed by atoms with Crippen molar-refractivity contribution in [1.29, 1.82) is 0 Å². The first-order valence-corrected chi connectivity index (χ1v) is 16.4. The van der Waals surface area contributed by atoms with Crippen molar-refractivity contribution in [2.45, 2.75) is 63.7 Å². The minimum atomic E-state index is -3.99. The second-order valence-electron chi connectivity index (χ2n) is 10.9. The summed E-state index contributed by atoms with van der Waals surface area (Å²) in [5, 5.41) is 15.8. The lowest BCUT2D eigenvalue weighted by atomic mass is 10.0. The number of nitrogens with zero attached hydrogens (tertiary/aromatic N) is 3. The number of aliphatic hydroxyl groups is 1. The first kappa shape index (κ1) is 32.4. The van der Waals surface area contributed by atoms with Crippen LogP contribution in [0.1, 0.15) is 36.5 Å². The highest BCUT2D eigenvalue weighted by molar-refractivity contribution is 7.89. The van der Waals surface area contributed by atoms with E-state index in [-0.39, 0.29) is 36.9 Å². The van der Waals surface area contributed by atoms with E-state index in [1.807, 2.05) is 51.1 Å². The third-order valence-electron chi connectivity index (χ3n) is 7.44. The van der Waals surface area contributed by atoms with Gasteiger partial charge in [-0.3, -0.25) is 9.69 Å². The number of sulfonamides is 1. The fourth-order valence-corrected chi connectivity index (χ4v) is 7.33. The van der Waals surface area contributed by atoms with Crippen molar-refractivity contribution in [3.63, 3.8) is 0 Å². The summed E-state index contributed by atoms with van der Waals surface area (Å²) < 4.78 is 34.1. The molecule has 3 aromatic rings. The zero-order valence-electron chi connectivity index (χ0n) is 24.8. The molecule has 1 aliphatic rings. The topological polar surface area (TPSA) is 155 Å². The maximum Gasteiger partial charge on any atom is 0.415 e. The monoisotopic (exact) mass is 629 g/mol. The van der Waals surface area contributed by atoms with Gasteiger partial charge in [0.05, 0.1) is 34.3 Å². The Morgan fingerprint density at radius 1 is 1.19 bits per heavy atom. The largest absolute Gasteiger partial charge is 0.434 e. The van der Waals surface area contributed by atoms with E-state index in [1.54, 1.807) is 6.92 Å². The zero-order chi connectivity index (χ0) is 31.3. The van der Waals surface area contributed by atoms with Crippen molar-refractivity contribution in [1.82, 2.24) is 14.6 Å². The van der Waals surface area contributed by atoms with Gasteiger partial charge in [0.1, 0.15) is 5.00 Å². The number of ether oxygens (including phenoxy) is 1. The molecule has 0 aliphatic carbocycles. The number of aromatic nitrogens is 1. The number of hydrogen-bond acceptors (Lipinski definition) is 9. The van der Waals surface area contributed by atoms with E-state index in [1.165, 1.54) is 44.8 Å². The SMILES string of the molecule is CC[C@H](C)CN(C[C@@H](O)C(Cc1ccccc1)NC(=O)C1CN(c2sc(C)nc2C)C(=O)O1)S(=O)(=O)c1ccc(N)cc1. The van der Waals surface area contributed by atoms with Crippen LogP contribution in [-0.2, 0) is 26.0 Å². The molecule has 11 nitrogen and oxygen atoms in total. The van der Waals surface area contributed by atoms with Gasteiger partial charge in [0, 0.05) is 18.8 Å². The van der Waals surface area contributed by atoms with E-state index in [9.17, 15) is 23.1 Å². The number of nitrogens with one attached hydrogen (secondary N) is 1. The van der Waals surface area contributed by atoms with Crippen molar-refractivity contribution >= 4 is 44.0 Å². The zero-order valence-corrected chi connectivity index (χ0v) is 26.4. The van der Waals surface area contributed by atoms with Crippen LogP contribution in [0.25, 0.3) is 0 Å². The summed E-state index contributed by atoms with van der Waals surface area (Å²) in [4.78, 5) is 31.9. The fourth-order valence-electron chi connectivity index (χ4n) is 4.84. The molecule has 0 saturated carbocycles. The Morgan fingerprint density at radius 3 is 2.47 bits per heavy atom. The molecule has 2 heterocycles. The molecule has 4 N–H and O–H groups in total. The molecule has 1 aliphatic heterocycles. The number of nitrogen functional groups attached to an aromatic ring is 1. The van der Waals surface area contributed by atoms with Crippen molar-refractivity contribution in [3.05, 3.63) is 70.9 Å². The van der Waals surface area contributed by atoms with Gasteiger partial charge in [0.15, 0.2) is 6.10 Å². The van der Waals surface area contributed by atoms with E-state index in [4.69, 9.17) is 10.5 Å². The third-order valence-corrected chi connectivity index (χ3v) is 10.4. The van der Waals surface area contributed by atoms with Gasteiger partial charge >= 0.3 is 6.09 Å². The van der Waals surface area contributed by atoms with Crippen LogP contribution >= 0.6 is 11.3 Å². The molecule has 4 atom stereocenters. The Hall–Kier alpha value is -3.52. The fraction of sp³-hybridized carbons (Fsp3) is 0.433. The van der Waals surface area contributed by atoms with Crippen LogP contribution in [0.5, 0.6) is 0 Å². The minimum Gasteiger partial charge on any atom is -0.434 e. The molecule has 2 unspecified atom stereocenters. The Morgan fingerprint density at radius 2 is 1.86 bits per heavy atom. The van der Waals surface area contributed by atoms with E-state index in [2.05, 4.69) is 10.3 Å². The number of cyclic esters (lactones) is 1. The Kier molecular flexibility index (Phi) is 10.4. The Bertz CT molecular complexity index is 1510. The molecule has 1 fully saturated rings. The summed E-state index contributed by atoms with van der Waals surface area (Å²) in [6, 6.07) is 14.3. The molecule has 232 valence electrons. The molecule has 0 radical (unpaired) electrons. The number of carbonyl (C=O) groups excluding carboxylic acids is 2. The molecule has 2 aromatic carbocycles. The van der Waals surface area contributed by atoms with Gasteiger partial charge in [-0.1, -0.05) is 50.6 Å². The van der Waals surface area contributed by atoms with Crippen LogP contribution in [0.2, 0.25) is 0 Å². The van der Waals surface area contributed by atoms with E-state index in [0.29, 0.717) is 16.4 Å². The predicted octanol–water partition coefficient (Wildman–Crippen LogP) is 3.49. The summed E-state index contributed by atoms with van der Waals surface area (Å²) in [6.07, 6.45) is -2.09. The number of rotatable bonds is 13. The Labute approximate surface area is 256 Å². The van der Waals surface area contributed by atoms with Crippen molar-refractivity contribution in [2.24, 2.45) is 5.92 Å². The van der Waals surface area contributed by atoms with Crippen LogP contribution in [0, 0.1) is 19.8 Å². The lowest BCUT2D eigenvalue weighted by Gasteiger charge is -2.31. The van der Waals surface area contributed by atoms with E-state index < -0.39 is 40.3 Å². The standard InChI is InChI=1S/C30H39N5O6S2/c1-5-19(2)16-34(43(39,40)24-13-11-23(31)12-14-24)17-26(36)25(15-22-9-7-6-8-10-22)33-28(37)27-18-35(30(38)41-27)29-20(3)32-21(4)42-29/h6-14,19,25-27,36H,5,15-18,31H2,1-4H3,(H,33,37)/t19-,25?,26+,27?/m0/s1. The third kappa shape index (κ3) is 7.91. The van der Waals surface area contributed by atoms with E-state index >= 15 is 0 Å². The van der Waals surface area contributed by atoms with Gasteiger partial charge in [0.2, 0.25) is 10.0 Å². The van der Waals surface area contributed by atoms with Gasteiger partial charge < -0.3 is 20.9 Å². The molecule has 1 saturated heterocycles. The lowest BCUT2D eigenvalue weighted by molar-refractivity contribution is -0.129. The molecule has 4 rings (SSSR count). The summed E-state index contributed by atoms with van der Waals surface area (Å²) >= 11 is 1.34. The number of amides is 2. The van der Waals surface area contributed by atoms with Crippen LogP contribution in [0.15, 0.2) is 59.5 Å². The van der Waals surface area contributed by atoms with Crippen LogP contribution in [-0.4, -0.2) is 72.7 Å². The molecular weight excluding hydrogens is 590 g/mol. The van der Waals surface area contributed by atoms with Crippen LogP contribution in [0.4, 0.5) is 15.5 Å². The lowest BCUT2D eigenvalue weighted by Crippen LogP contribution is -2.53. The normalized spacial score (nSPS) is 17.5. The van der Waals surface area contributed by atoms with Gasteiger partial charge in [-0.05, 0) is 56.0 Å². The second-order valence-corrected chi connectivity index (χ2v) is 14.0. The first-order valence-electron chi connectivity index (χ1n) is 14.2. The average Bonchev–Trinajstić information content (AvgIpc) is 3.52. The molecule has 0 bridgehead atoms. The quantitative estimate of drug-likeness (QED) is 0.243. The first-order chi connectivity index (χ1) is 20.4. The smallest absolute Gasteiger partial charge is 0.415 e. The van der Waals surface area contributed by atoms with Crippen molar-refractivity contribution in [3.8, 4) is 0 Å². The second kappa shape index (κ2) is 13.8. The number of aliphatic hydroxyl groups excluding tert-OH is 1. The van der Waals surface area contributed by atoms with Gasteiger partial charge in [-0.25, -0.2) is 18.2 Å². The molecule has 13 heteroatoms. The molecule has 2 amide bonds. The number of thiazole rings is 1.